The number of aliphatic hydroxyl groups is 1. The van der Waals surface area contributed by atoms with Gasteiger partial charge in [-0.05, 0) is 32.9 Å². The first-order chi connectivity index (χ1) is 6.75. The Kier molecular flexibility index (Phi) is 3.42. The summed E-state index contributed by atoms with van der Waals surface area (Å²) in [7, 11) is 2.23. The Balaban J connectivity index is 1.78. The SMILES string of the molecule is CN1CCCCC1CN1CC[C@H](O)C1. The van der Waals surface area contributed by atoms with Gasteiger partial charge < -0.3 is 10.0 Å². The summed E-state index contributed by atoms with van der Waals surface area (Å²) in [4.78, 5) is 4.89. The van der Waals surface area contributed by atoms with E-state index in [9.17, 15) is 5.11 Å². The lowest BCUT2D eigenvalue weighted by Gasteiger charge is -2.35. The Bertz CT molecular complexity index is 186. The molecule has 3 nitrogen and oxygen atoms in total. The monoisotopic (exact) mass is 198 g/mol. The molecule has 0 spiro atoms. The smallest absolute Gasteiger partial charge is 0.0679 e. The predicted molar refractivity (Wildman–Crippen MR) is 57.3 cm³/mol. The van der Waals surface area contributed by atoms with Crippen molar-refractivity contribution in [1.82, 2.24) is 9.80 Å². The van der Waals surface area contributed by atoms with Crippen LogP contribution in [-0.2, 0) is 0 Å². The molecule has 0 radical (unpaired) electrons. The topological polar surface area (TPSA) is 26.7 Å². The fraction of sp³-hybridized carbons (Fsp3) is 1.00. The van der Waals surface area contributed by atoms with Crippen molar-refractivity contribution in [3.8, 4) is 0 Å². The van der Waals surface area contributed by atoms with E-state index in [1.807, 2.05) is 0 Å². The highest BCUT2D eigenvalue weighted by Crippen LogP contribution is 2.18. The van der Waals surface area contributed by atoms with Gasteiger partial charge in [0.1, 0.15) is 0 Å². The number of likely N-dealkylation sites (tertiary alicyclic amines) is 2. The molecule has 2 aliphatic heterocycles. The number of aliphatic hydroxyl groups excluding tert-OH is 1. The maximum atomic E-state index is 9.44. The first-order valence-corrected chi connectivity index (χ1v) is 5.86. The largest absolute Gasteiger partial charge is 0.392 e. The van der Waals surface area contributed by atoms with Crippen LogP contribution in [0, 0.1) is 0 Å². The van der Waals surface area contributed by atoms with Gasteiger partial charge in [-0.25, -0.2) is 0 Å². The third-order valence-electron chi connectivity index (χ3n) is 3.64. The molecule has 0 saturated carbocycles. The van der Waals surface area contributed by atoms with Crippen LogP contribution in [0.3, 0.4) is 0 Å². The van der Waals surface area contributed by atoms with Gasteiger partial charge >= 0.3 is 0 Å². The molecule has 3 heteroatoms. The van der Waals surface area contributed by atoms with Crippen molar-refractivity contribution in [2.45, 2.75) is 37.8 Å². The van der Waals surface area contributed by atoms with E-state index in [-0.39, 0.29) is 6.10 Å². The van der Waals surface area contributed by atoms with Crippen molar-refractivity contribution >= 4 is 0 Å². The molecule has 0 aromatic heterocycles. The van der Waals surface area contributed by atoms with Gasteiger partial charge in [-0.1, -0.05) is 6.42 Å². The molecule has 2 heterocycles. The van der Waals surface area contributed by atoms with Crippen LogP contribution in [0.25, 0.3) is 0 Å². The number of hydrogen-bond donors (Lipinski definition) is 1. The molecule has 0 bridgehead atoms. The number of piperidine rings is 1. The zero-order valence-corrected chi connectivity index (χ0v) is 9.15. The highest BCUT2D eigenvalue weighted by atomic mass is 16.3. The van der Waals surface area contributed by atoms with E-state index >= 15 is 0 Å². The van der Waals surface area contributed by atoms with Crippen LogP contribution in [0.4, 0.5) is 0 Å². The zero-order chi connectivity index (χ0) is 9.97. The van der Waals surface area contributed by atoms with Gasteiger partial charge in [-0.15, -0.1) is 0 Å². The minimum absolute atomic E-state index is 0.0658. The summed E-state index contributed by atoms with van der Waals surface area (Å²) in [5.41, 5.74) is 0. The molecular formula is C11H22N2O. The molecule has 2 aliphatic rings. The predicted octanol–water partition coefficient (Wildman–Crippen LogP) is 0.537. The Morgan fingerprint density at radius 2 is 2.07 bits per heavy atom. The summed E-state index contributed by atoms with van der Waals surface area (Å²) in [6.07, 6.45) is 4.98. The van der Waals surface area contributed by atoms with E-state index in [1.165, 1.54) is 25.8 Å². The van der Waals surface area contributed by atoms with Crippen molar-refractivity contribution in [3.05, 3.63) is 0 Å². The minimum atomic E-state index is -0.0658. The van der Waals surface area contributed by atoms with Gasteiger partial charge in [0.25, 0.3) is 0 Å². The Morgan fingerprint density at radius 3 is 2.71 bits per heavy atom. The van der Waals surface area contributed by atoms with Crippen LogP contribution in [0.1, 0.15) is 25.7 Å². The highest BCUT2D eigenvalue weighted by Gasteiger charge is 2.25. The summed E-state index contributed by atoms with van der Waals surface area (Å²) in [6, 6.07) is 0.731. The van der Waals surface area contributed by atoms with Gasteiger partial charge in [0.15, 0.2) is 0 Å². The average molecular weight is 198 g/mol. The summed E-state index contributed by atoms with van der Waals surface area (Å²) < 4.78 is 0. The molecule has 2 saturated heterocycles. The normalized spacial score (nSPS) is 36.4. The van der Waals surface area contributed by atoms with Crippen molar-refractivity contribution in [1.29, 1.82) is 0 Å². The highest BCUT2D eigenvalue weighted by molar-refractivity contribution is 4.82. The van der Waals surface area contributed by atoms with Crippen molar-refractivity contribution in [2.24, 2.45) is 0 Å². The van der Waals surface area contributed by atoms with E-state index in [0.717, 1.165) is 32.1 Å². The number of likely N-dealkylation sites (N-methyl/N-ethyl adjacent to an activating group) is 1. The van der Waals surface area contributed by atoms with Crippen LogP contribution in [0.2, 0.25) is 0 Å². The second-order valence-corrected chi connectivity index (χ2v) is 4.83. The molecule has 2 fully saturated rings. The molecule has 0 aromatic carbocycles. The van der Waals surface area contributed by atoms with Crippen molar-refractivity contribution in [3.63, 3.8) is 0 Å². The van der Waals surface area contributed by atoms with Gasteiger partial charge in [-0.3, -0.25) is 4.90 Å². The lowest BCUT2D eigenvalue weighted by Crippen LogP contribution is -2.44. The summed E-state index contributed by atoms with van der Waals surface area (Å²) in [5, 5.41) is 9.44. The summed E-state index contributed by atoms with van der Waals surface area (Å²) in [5.74, 6) is 0. The second-order valence-electron chi connectivity index (χ2n) is 4.83. The van der Waals surface area contributed by atoms with E-state index in [2.05, 4.69) is 16.8 Å². The molecule has 14 heavy (non-hydrogen) atoms. The molecule has 1 unspecified atom stereocenters. The van der Waals surface area contributed by atoms with Crippen LogP contribution in [0.5, 0.6) is 0 Å². The fourth-order valence-electron chi connectivity index (χ4n) is 2.65. The van der Waals surface area contributed by atoms with Gasteiger partial charge in [-0.2, -0.15) is 0 Å². The summed E-state index contributed by atoms with van der Waals surface area (Å²) in [6.45, 7) is 4.39. The summed E-state index contributed by atoms with van der Waals surface area (Å²) >= 11 is 0. The quantitative estimate of drug-likeness (QED) is 0.701. The van der Waals surface area contributed by atoms with Crippen molar-refractivity contribution < 1.29 is 5.11 Å². The molecule has 0 aliphatic carbocycles. The third kappa shape index (κ3) is 2.47. The molecular weight excluding hydrogens is 176 g/mol. The molecule has 2 rings (SSSR count). The Morgan fingerprint density at radius 1 is 1.21 bits per heavy atom. The van der Waals surface area contributed by atoms with E-state index in [0.29, 0.717) is 0 Å². The van der Waals surface area contributed by atoms with Crippen LogP contribution >= 0.6 is 0 Å². The zero-order valence-electron chi connectivity index (χ0n) is 9.15. The van der Waals surface area contributed by atoms with E-state index in [1.54, 1.807) is 0 Å². The molecule has 0 aromatic rings. The molecule has 82 valence electrons. The lowest BCUT2D eigenvalue weighted by molar-refractivity contribution is 0.126. The van der Waals surface area contributed by atoms with Gasteiger partial charge in [0.05, 0.1) is 6.10 Å². The number of rotatable bonds is 2. The van der Waals surface area contributed by atoms with Crippen LogP contribution in [-0.4, -0.2) is 60.3 Å². The van der Waals surface area contributed by atoms with E-state index in [4.69, 9.17) is 0 Å². The number of β-amino-alcohol motifs (C(OH)–C–C–N with tert-alkyl or cyclic N) is 1. The third-order valence-corrected chi connectivity index (χ3v) is 3.64. The first kappa shape index (κ1) is 10.4. The van der Waals surface area contributed by atoms with Crippen LogP contribution in [0.15, 0.2) is 0 Å². The lowest BCUT2D eigenvalue weighted by atomic mass is 10.0. The minimum Gasteiger partial charge on any atom is -0.392 e. The standard InChI is InChI=1S/C11H22N2O/c1-12-6-3-2-4-10(12)8-13-7-5-11(14)9-13/h10-11,14H,2-9H2,1H3/t10?,11-/m0/s1. The fourth-order valence-corrected chi connectivity index (χ4v) is 2.65. The van der Waals surface area contributed by atoms with Crippen molar-refractivity contribution in [2.75, 3.05) is 33.2 Å². The molecule has 1 N–H and O–H groups in total. The number of nitrogens with zero attached hydrogens (tertiary/aromatic N) is 2. The van der Waals surface area contributed by atoms with E-state index < -0.39 is 0 Å². The Labute approximate surface area is 86.7 Å². The average Bonchev–Trinajstić information content (AvgIpc) is 2.56. The second kappa shape index (κ2) is 4.60. The van der Waals surface area contributed by atoms with Gasteiger partial charge in [0.2, 0.25) is 0 Å². The van der Waals surface area contributed by atoms with Crippen LogP contribution < -0.4 is 0 Å². The maximum Gasteiger partial charge on any atom is 0.0679 e. The first-order valence-electron chi connectivity index (χ1n) is 5.86. The molecule has 2 atom stereocenters. The number of hydrogen-bond acceptors (Lipinski definition) is 3. The maximum absolute atomic E-state index is 9.44. The molecule has 0 amide bonds. The van der Waals surface area contributed by atoms with Gasteiger partial charge in [0, 0.05) is 25.7 Å². The Hall–Kier alpha value is -0.120.